The van der Waals surface area contributed by atoms with E-state index in [2.05, 4.69) is 6.58 Å². The van der Waals surface area contributed by atoms with Crippen LogP contribution < -0.4 is 0 Å². The molecular weight excluding hydrogens is 255 g/mol. The molecule has 0 spiro atoms. The molecule has 18 heavy (non-hydrogen) atoms. The van der Waals surface area contributed by atoms with Crippen molar-refractivity contribution in [3.05, 3.63) is 12.7 Å². The standard InChI is InChI=1S/C11H17N2O4P/c1-2-3-4-9-15-18(14,16-10-5-7-12)17-11-6-8-13/h2H,1,3-6,9-11H2. The lowest BCUT2D eigenvalue weighted by atomic mass is 10.3. The van der Waals surface area contributed by atoms with Crippen molar-refractivity contribution in [3.8, 4) is 12.1 Å². The second kappa shape index (κ2) is 11.0. The molecule has 0 fully saturated rings. The number of allylic oxidation sites excluding steroid dienone is 1. The van der Waals surface area contributed by atoms with E-state index in [-0.39, 0.29) is 32.7 Å². The first kappa shape index (κ1) is 16.8. The molecule has 0 aliphatic rings. The van der Waals surface area contributed by atoms with Gasteiger partial charge < -0.3 is 0 Å². The lowest BCUT2D eigenvalue weighted by Crippen LogP contribution is -2.03. The van der Waals surface area contributed by atoms with Gasteiger partial charge in [-0.2, -0.15) is 10.5 Å². The molecule has 0 saturated carbocycles. The van der Waals surface area contributed by atoms with Gasteiger partial charge in [-0.1, -0.05) is 6.08 Å². The van der Waals surface area contributed by atoms with Gasteiger partial charge in [0.05, 0.1) is 44.8 Å². The molecule has 0 aromatic heterocycles. The first-order valence-electron chi connectivity index (χ1n) is 5.57. The van der Waals surface area contributed by atoms with Crippen molar-refractivity contribution in [1.82, 2.24) is 0 Å². The Labute approximate surface area is 107 Å². The van der Waals surface area contributed by atoms with Crippen LogP contribution in [0.1, 0.15) is 25.7 Å². The molecule has 0 aromatic carbocycles. The third kappa shape index (κ3) is 8.92. The van der Waals surface area contributed by atoms with Crippen LogP contribution in [0.4, 0.5) is 0 Å². The van der Waals surface area contributed by atoms with Gasteiger partial charge in [-0.15, -0.1) is 6.58 Å². The largest absolute Gasteiger partial charge is 0.474 e. The van der Waals surface area contributed by atoms with Gasteiger partial charge >= 0.3 is 7.82 Å². The smallest absolute Gasteiger partial charge is 0.287 e. The fourth-order valence-electron chi connectivity index (χ4n) is 0.922. The number of unbranched alkanes of at least 4 members (excludes halogenated alkanes) is 1. The van der Waals surface area contributed by atoms with Crippen molar-refractivity contribution in [2.75, 3.05) is 19.8 Å². The molecule has 0 N–H and O–H groups in total. The highest BCUT2D eigenvalue weighted by Gasteiger charge is 2.26. The third-order valence-corrected chi connectivity index (χ3v) is 3.22. The fourth-order valence-corrected chi connectivity index (χ4v) is 2.13. The van der Waals surface area contributed by atoms with Gasteiger partial charge in [-0.05, 0) is 12.8 Å². The Morgan fingerprint density at radius 1 is 1.06 bits per heavy atom. The molecule has 0 unspecified atom stereocenters. The van der Waals surface area contributed by atoms with Crippen molar-refractivity contribution >= 4 is 7.82 Å². The molecule has 0 atom stereocenters. The molecule has 0 aromatic rings. The number of hydrogen-bond donors (Lipinski definition) is 0. The number of phosphoric acid groups is 1. The van der Waals surface area contributed by atoms with Crippen LogP contribution in [0.25, 0.3) is 0 Å². The molecule has 6 nitrogen and oxygen atoms in total. The van der Waals surface area contributed by atoms with E-state index >= 15 is 0 Å². The maximum atomic E-state index is 12.0. The maximum absolute atomic E-state index is 12.0. The quantitative estimate of drug-likeness (QED) is 0.326. The average molecular weight is 272 g/mol. The summed E-state index contributed by atoms with van der Waals surface area (Å²) in [5.41, 5.74) is 0. The molecule has 7 heteroatoms. The van der Waals surface area contributed by atoms with Crippen molar-refractivity contribution < 1.29 is 18.1 Å². The Kier molecular flexibility index (Phi) is 10.2. The Hall–Kier alpha value is -1.17. The summed E-state index contributed by atoms with van der Waals surface area (Å²) in [6.45, 7) is 3.72. The zero-order valence-electron chi connectivity index (χ0n) is 10.2. The highest BCUT2D eigenvalue weighted by atomic mass is 31.2. The summed E-state index contributed by atoms with van der Waals surface area (Å²) in [5.74, 6) is 0. The summed E-state index contributed by atoms with van der Waals surface area (Å²) in [4.78, 5) is 0. The molecule has 0 bridgehead atoms. The van der Waals surface area contributed by atoms with Crippen LogP contribution >= 0.6 is 7.82 Å². The number of nitrogens with zero attached hydrogens (tertiary/aromatic N) is 2. The molecule has 0 aliphatic heterocycles. The SMILES string of the molecule is C=CCCCOP(=O)(OCCC#N)OCCC#N. The molecule has 0 rings (SSSR count). The monoisotopic (exact) mass is 272 g/mol. The normalized spacial score (nSPS) is 10.6. The van der Waals surface area contributed by atoms with E-state index in [4.69, 9.17) is 24.1 Å². The minimum Gasteiger partial charge on any atom is -0.287 e. The van der Waals surface area contributed by atoms with Crippen molar-refractivity contribution in [2.24, 2.45) is 0 Å². The Bertz CT molecular complexity index is 335. The summed E-state index contributed by atoms with van der Waals surface area (Å²) in [7, 11) is -3.66. The van der Waals surface area contributed by atoms with Crippen LogP contribution in [-0.4, -0.2) is 19.8 Å². The van der Waals surface area contributed by atoms with Gasteiger partial charge in [0.15, 0.2) is 0 Å². The summed E-state index contributed by atoms with van der Waals surface area (Å²) in [6, 6.07) is 3.72. The highest BCUT2D eigenvalue weighted by Crippen LogP contribution is 2.49. The van der Waals surface area contributed by atoms with E-state index in [0.717, 1.165) is 6.42 Å². The lowest BCUT2D eigenvalue weighted by molar-refractivity contribution is 0.116. The molecule has 0 heterocycles. The van der Waals surface area contributed by atoms with Gasteiger partial charge in [0.1, 0.15) is 0 Å². The highest BCUT2D eigenvalue weighted by molar-refractivity contribution is 7.48. The van der Waals surface area contributed by atoms with Gasteiger partial charge in [-0.25, -0.2) is 4.57 Å². The number of nitriles is 2. The summed E-state index contributed by atoms with van der Waals surface area (Å²) >= 11 is 0. The van der Waals surface area contributed by atoms with Crippen LogP contribution in [0.2, 0.25) is 0 Å². The van der Waals surface area contributed by atoms with Crippen LogP contribution in [0.5, 0.6) is 0 Å². The van der Waals surface area contributed by atoms with E-state index in [1.165, 1.54) is 0 Å². The van der Waals surface area contributed by atoms with Crippen LogP contribution in [0.15, 0.2) is 12.7 Å². The zero-order valence-corrected chi connectivity index (χ0v) is 11.1. The third-order valence-electron chi connectivity index (χ3n) is 1.73. The molecule has 0 radical (unpaired) electrons. The average Bonchev–Trinajstić information content (AvgIpc) is 2.36. The maximum Gasteiger partial charge on any atom is 0.474 e. The topological polar surface area (TPSA) is 92.3 Å². The van der Waals surface area contributed by atoms with E-state index in [1.807, 2.05) is 12.1 Å². The summed E-state index contributed by atoms with van der Waals surface area (Å²) < 4.78 is 27.0. The lowest BCUT2D eigenvalue weighted by Gasteiger charge is -2.16. The second-order valence-corrected chi connectivity index (χ2v) is 4.86. The molecule has 0 saturated heterocycles. The van der Waals surface area contributed by atoms with E-state index in [9.17, 15) is 4.57 Å². The predicted octanol–water partition coefficient (Wildman–Crippen LogP) is 2.94. The second-order valence-electron chi connectivity index (χ2n) is 3.19. The van der Waals surface area contributed by atoms with Crippen molar-refractivity contribution in [2.45, 2.75) is 25.7 Å². The van der Waals surface area contributed by atoms with E-state index in [0.29, 0.717) is 6.42 Å². The summed E-state index contributed by atoms with van der Waals surface area (Å²) in [5, 5.41) is 16.7. The predicted molar refractivity (Wildman–Crippen MR) is 65.4 cm³/mol. The molecular formula is C11H17N2O4P. The van der Waals surface area contributed by atoms with Gasteiger partial charge in [-0.3, -0.25) is 13.6 Å². The minimum atomic E-state index is -3.66. The van der Waals surface area contributed by atoms with Crippen molar-refractivity contribution in [3.63, 3.8) is 0 Å². The molecule has 0 amide bonds. The number of rotatable bonds is 11. The Balaban J connectivity index is 4.13. The Morgan fingerprint density at radius 2 is 1.56 bits per heavy atom. The van der Waals surface area contributed by atoms with E-state index in [1.54, 1.807) is 6.08 Å². The zero-order chi connectivity index (χ0) is 13.7. The van der Waals surface area contributed by atoms with Crippen molar-refractivity contribution in [1.29, 1.82) is 10.5 Å². The van der Waals surface area contributed by atoms with E-state index < -0.39 is 7.82 Å². The number of phosphoric ester groups is 1. The number of hydrogen-bond acceptors (Lipinski definition) is 6. The van der Waals surface area contributed by atoms with Crippen LogP contribution in [0.3, 0.4) is 0 Å². The van der Waals surface area contributed by atoms with Crippen LogP contribution in [0, 0.1) is 22.7 Å². The fraction of sp³-hybridized carbons (Fsp3) is 0.636. The van der Waals surface area contributed by atoms with Gasteiger partial charge in [0.25, 0.3) is 0 Å². The molecule has 0 aliphatic carbocycles. The minimum absolute atomic E-state index is 0.0260. The first-order valence-corrected chi connectivity index (χ1v) is 7.03. The first-order chi connectivity index (χ1) is 8.68. The molecule has 100 valence electrons. The van der Waals surface area contributed by atoms with Gasteiger partial charge in [0.2, 0.25) is 0 Å². The Morgan fingerprint density at radius 3 is 2.00 bits per heavy atom. The van der Waals surface area contributed by atoms with Crippen LogP contribution in [-0.2, 0) is 18.1 Å². The summed E-state index contributed by atoms with van der Waals surface area (Å²) in [6.07, 6.45) is 3.30. The van der Waals surface area contributed by atoms with Gasteiger partial charge in [0, 0.05) is 0 Å².